The molecule has 0 saturated heterocycles. The molecule has 118 valence electrons. The van der Waals surface area contributed by atoms with E-state index in [1.165, 1.54) is 19.2 Å². The van der Waals surface area contributed by atoms with E-state index in [2.05, 4.69) is 0 Å². The van der Waals surface area contributed by atoms with Crippen LogP contribution in [0.3, 0.4) is 0 Å². The van der Waals surface area contributed by atoms with Gasteiger partial charge in [-0.25, -0.2) is 12.8 Å². The van der Waals surface area contributed by atoms with Gasteiger partial charge in [-0.3, -0.25) is 5.41 Å². The number of methoxy groups -OCH3 is 1. The molecule has 1 rings (SSSR count). The van der Waals surface area contributed by atoms with Crippen molar-refractivity contribution in [3.8, 4) is 0 Å². The molecule has 0 saturated carbocycles. The number of ether oxygens (including phenoxy) is 1. The second kappa shape index (κ2) is 7.48. The maximum atomic E-state index is 13.3. The Labute approximate surface area is 124 Å². The number of aryl methyl sites for hydroxylation is 1. The Balaban J connectivity index is 3.12. The van der Waals surface area contributed by atoms with Crippen molar-refractivity contribution in [1.29, 1.82) is 5.41 Å². The van der Waals surface area contributed by atoms with E-state index >= 15 is 0 Å². The van der Waals surface area contributed by atoms with Gasteiger partial charge in [0.05, 0.1) is 17.3 Å². The zero-order valence-electron chi connectivity index (χ0n) is 12.1. The molecule has 8 heteroatoms. The summed E-state index contributed by atoms with van der Waals surface area (Å²) in [6, 6.07) is 3.63. The molecule has 0 amide bonds. The third-order valence-corrected chi connectivity index (χ3v) is 4.98. The van der Waals surface area contributed by atoms with E-state index in [1.54, 1.807) is 6.92 Å². The number of nitrogens with one attached hydrogen (secondary N) is 1. The second-order valence-corrected chi connectivity index (χ2v) is 6.49. The summed E-state index contributed by atoms with van der Waals surface area (Å²) in [4.78, 5) is -0.0813. The Morgan fingerprint density at radius 1 is 1.43 bits per heavy atom. The zero-order valence-corrected chi connectivity index (χ0v) is 12.9. The summed E-state index contributed by atoms with van der Waals surface area (Å²) in [5, 5.41) is 7.22. The van der Waals surface area contributed by atoms with Crippen LogP contribution in [0.1, 0.15) is 12.0 Å². The number of halogens is 1. The first kappa shape index (κ1) is 17.5. The summed E-state index contributed by atoms with van der Waals surface area (Å²) >= 11 is 0. The summed E-state index contributed by atoms with van der Waals surface area (Å²) < 4.78 is 44.6. The van der Waals surface area contributed by atoms with Crippen LogP contribution in [0.2, 0.25) is 0 Å². The van der Waals surface area contributed by atoms with Gasteiger partial charge < -0.3 is 10.5 Å². The fourth-order valence-corrected chi connectivity index (χ4v) is 3.44. The van der Waals surface area contributed by atoms with Crippen molar-refractivity contribution in [2.75, 3.05) is 26.8 Å². The SMILES string of the molecule is COCCN(CCC(=N)N)S(=O)(=O)c1cc(F)ccc1C. The quantitative estimate of drug-likeness (QED) is 0.554. The van der Waals surface area contributed by atoms with E-state index in [9.17, 15) is 12.8 Å². The van der Waals surface area contributed by atoms with Crippen LogP contribution in [0, 0.1) is 18.2 Å². The summed E-state index contributed by atoms with van der Waals surface area (Å²) in [5.74, 6) is -0.721. The smallest absolute Gasteiger partial charge is 0.243 e. The number of hydrogen-bond acceptors (Lipinski definition) is 4. The fraction of sp³-hybridized carbons (Fsp3) is 0.462. The van der Waals surface area contributed by atoms with Crippen LogP contribution in [-0.2, 0) is 14.8 Å². The van der Waals surface area contributed by atoms with E-state index in [4.69, 9.17) is 15.9 Å². The molecule has 0 heterocycles. The normalized spacial score (nSPS) is 11.8. The van der Waals surface area contributed by atoms with E-state index in [0.29, 0.717) is 5.56 Å². The van der Waals surface area contributed by atoms with Crippen LogP contribution in [0.5, 0.6) is 0 Å². The monoisotopic (exact) mass is 317 g/mol. The van der Waals surface area contributed by atoms with Gasteiger partial charge >= 0.3 is 0 Å². The van der Waals surface area contributed by atoms with Crippen molar-refractivity contribution in [1.82, 2.24) is 4.31 Å². The topological polar surface area (TPSA) is 96.5 Å². The molecule has 0 aliphatic carbocycles. The highest BCUT2D eigenvalue weighted by Gasteiger charge is 2.26. The van der Waals surface area contributed by atoms with Gasteiger partial charge in [-0.2, -0.15) is 4.31 Å². The lowest BCUT2D eigenvalue weighted by Crippen LogP contribution is -2.36. The minimum absolute atomic E-state index is 0.0526. The molecule has 0 fully saturated rings. The Bertz CT molecular complexity index is 605. The molecule has 0 aliphatic heterocycles. The largest absolute Gasteiger partial charge is 0.388 e. The Morgan fingerprint density at radius 2 is 2.10 bits per heavy atom. The Hall–Kier alpha value is -1.51. The van der Waals surface area contributed by atoms with Crippen LogP contribution in [0.25, 0.3) is 0 Å². The molecule has 6 nitrogen and oxygen atoms in total. The predicted octanol–water partition coefficient (Wildman–Crippen LogP) is 1.10. The number of benzene rings is 1. The van der Waals surface area contributed by atoms with Gasteiger partial charge in [0.1, 0.15) is 5.82 Å². The van der Waals surface area contributed by atoms with Crippen molar-refractivity contribution < 1.29 is 17.5 Å². The number of nitrogens with two attached hydrogens (primary N) is 1. The number of amidine groups is 1. The van der Waals surface area contributed by atoms with Crippen molar-refractivity contribution in [2.45, 2.75) is 18.2 Å². The van der Waals surface area contributed by atoms with Gasteiger partial charge in [-0.1, -0.05) is 6.07 Å². The van der Waals surface area contributed by atoms with Crippen molar-refractivity contribution in [2.24, 2.45) is 5.73 Å². The van der Waals surface area contributed by atoms with Crippen molar-refractivity contribution in [3.63, 3.8) is 0 Å². The van der Waals surface area contributed by atoms with Gasteiger partial charge in [-0.05, 0) is 24.6 Å². The predicted molar refractivity (Wildman–Crippen MR) is 78.3 cm³/mol. The lowest BCUT2D eigenvalue weighted by molar-refractivity contribution is 0.179. The third-order valence-electron chi connectivity index (χ3n) is 2.94. The molecule has 1 aromatic carbocycles. The number of rotatable bonds is 8. The van der Waals surface area contributed by atoms with E-state index in [1.807, 2.05) is 0 Å². The van der Waals surface area contributed by atoms with Gasteiger partial charge in [0.15, 0.2) is 0 Å². The molecule has 0 atom stereocenters. The van der Waals surface area contributed by atoms with E-state index < -0.39 is 15.8 Å². The summed E-state index contributed by atoms with van der Waals surface area (Å²) in [6.45, 7) is 1.97. The van der Waals surface area contributed by atoms with Crippen LogP contribution in [0.4, 0.5) is 4.39 Å². The first-order valence-electron chi connectivity index (χ1n) is 6.37. The molecule has 21 heavy (non-hydrogen) atoms. The van der Waals surface area contributed by atoms with Gasteiger partial charge in [-0.15, -0.1) is 0 Å². The van der Waals surface area contributed by atoms with Crippen LogP contribution in [-0.4, -0.2) is 45.4 Å². The third kappa shape index (κ3) is 4.76. The van der Waals surface area contributed by atoms with Crippen LogP contribution >= 0.6 is 0 Å². The molecule has 0 bridgehead atoms. The molecule has 0 spiro atoms. The van der Waals surface area contributed by atoms with E-state index in [0.717, 1.165) is 10.4 Å². The minimum atomic E-state index is -3.86. The van der Waals surface area contributed by atoms with Gasteiger partial charge in [0.25, 0.3) is 0 Å². The molecule has 3 N–H and O–H groups in total. The first-order chi connectivity index (χ1) is 9.78. The first-order valence-corrected chi connectivity index (χ1v) is 7.81. The van der Waals surface area contributed by atoms with E-state index in [-0.39, 0.29) is 36.8 Å². The zero-order chi connectivity index (χ0) is 16.0. The Morgan fingerprint density at radius 3 is 2.67 bits per heavy atom. The van der Waals surface area contributed by atoms with Gasteiger partial charge in [0, 0.05) is 26.6 Å². The summed E-state index contributed by atoms with van der Waals surface area (Å²) in [7, 11) is -2.40. The average molecular weight is 317 g/mol. The number of sulfonamides is 1. The lowest BCUT2D eigenvalue weighted by Gasteiger charge is -2.22. The highest BCUT2D eigenvalue weighted by molar-refractivity contribution is 7.89. The highest BCUT2D eigenvalue weighted by Crippen LogP contribution is 2.21. The average Bonchev–Trinajstić information content (AvgIpc) is 2.40. The Kier molecular flexibility index (Phi) is 6.25. The number of hydrogen-bond donors (Lipinski definition) is 2. The summed E-state index contributed by atoms with van der Waals surface area (Å²) in [5.41, 5.74) is 5.74. The van der Waals surface area contributed by atoms with Crippen LogP contribution < -0.4 is 5.73 Å². The molecule has 1 aromatic rings. The molecule has 0 radical (unpaired) electrons. The second-order valence-electron chi connectivity index (χ2n) is 4.58. The summed E-state index contributed by atoms with van der Waals surface area (Å²) in [6.07, 6.45) is 0.108. The number of nitrogens with zero attached hydrogens (tertiary/aromatic N) is 1. The van der Waals surface area contributed by atoms with Gasteiger partial charge in [0.2, 0.25) is 10.0 Å². The maximum Gasteiger partial charge on any atom is 0.243 e. The molecule has 0 aromatic heterocycles. The lowest BCUT2D eigenvalue weighted by atomic mass is 10.2. The molecule has 0 unspecified atom stereocenters. The van der Waals surface area contributed by atoms with Crippen molar-refractivity contribution >= 4 is 15.9 Å². The van der Waals surface area contributed by atoms with Crippen molar-refractivity contribution in [3.05, 3.63) is 29.6 Å². The molecule has 0 aliphatic rings. The molecular weight excluding hydrogens is 297 g/mol. The fourth-order valence-electron chi connectivity index (χ4n) is 1.78. The maximum absolute atomic E-state index is 13.3. The standard InChI is InChI=1S/C13H20FN3O3S/c1-10-3-4-11(14)9-12(10)21(18,19)17(7-8-20-2)6-5-13(15)16/h3-4,9H,5-8H2,1-2H3,(H3,15,16). The highest BCUT2D eigenvalue weighted by atomic mass is 32.2. The minimum Gasteiger partial charge on any atom is -0.388 e. The van der Waals surface area contributed by atoms with Crippen LogP contribution in [0.15, 0.2) is 23.1 Å². The molecular formula is C13H20FN3O3S.